The molecule has 0 aliphatic carbocycles. The zero-order chi connectivity index (χ0) is 9.56. The van der Waals surface area contributed by atoms with Crippen LogP contribution in [-0.4, -0.2) is 12.2 Å². The fourth-order valence-electron chi connectivity index (χ4n) is 0.666. The maximum atomic E-state index is 12.4. The van der Waals surface area contributed by atoms with Gasteiger partial charge in [-0.25, -0.2) is 4.39 Å². The van der Waals surface area contributed by atoms with E-state index in [0.717, 1.165) is 6.07 Å². The third-order valence-electron chi connectivity index (χ3n) is 1.09. The number of rotatable bonds is 1. The summed E-state index contributed by atoms with van der Waals surface area (Å²) in [5.41, 5.74) is 0. The van der Waals surface area contributed by atoms with Crippen molar-refractivity contribution in [3.63, 3.8) is 0 Å². The van der Waals surface area contributed by atoms with Gasteiger partial charge in [0.1, 0.15) is 17.3 Å². The third-order valence-corrected chi connectivity index (χ3v) is 1.09. The number of hydrogen-bond acceptors (Lipinski definition) is 2. The molecule has 0 heterocycles. The molecule has 12 heavy (non-hydrogen) atoms. The van der Waals surface area contributed by atoms with E-state index in [2.05, 4.69) is 4.74 Å². The molecule has 0 fully saturated rings. The highest BCUT2D eigenvalue weighted by molar-refractivity contribution is 5.32. The minimum Gasteiger partial charge on any atom is -0.508 e. The Kier molecular flexibility index (Phi) is 4.84. The molecule has 0 saturated heterocycles. The number of phenols is 1. The van der Waals surface area contributed by atoms with Crippen LogP contribution in [0.1, 0.15) is 13.8 Å². The molecule has 2 nitrogen and oxygen atoms in total. The normalized spacial score (nSPS) is 8.33. The first kappa shape index (κ1) is 10.8. The second kappa shape index (κ2) is 5.41. The van der Waals surface area contributed by atoms with Crippen LogP contribution in [0.25, 0.3) is 0 Å². The van der Waals surface area contributed by atoms with E-state index in [9.17, 15) is 4.39 Å². The van der Waals surface area contributed by atoms with E-state index in [1.807, 2.05) is 13.8 Å². The average Bonchev–Trinajstić information content (AvgIpc) is 2.06. The average molecular weight is 172 g/mol. The Hall–Kier alpha value is -1.25. The van der Waals surface area contributed by atoms with Gasteiger partial charge in [-0.15, -0.1) is 0 Å². The summed E-state index contributed by atoms with van der Waals surface area (Å²) in [6.07, 6.45) is 0. The van der Waals surface area contributed by atoms with Gasteiger partial charge in [-0.1, -0.05) is 13.8 Å². The summed E-state index contributed by atoms with van der Waals surface area (Å²) in [7, 11) is 1.41. The lowest BCUT2D eigenvalue weighted by Crippen LogP contribution is -1.83. The molecule has 0 aliphatic heterocycles. The highest BCUT2D eigenvalue weighted by Gasteiger charge is 1.97. The minimum absolute atomic E-state index is 0.128. The van der Waals surface area contributed by atoms with Gasteiger partial charge in [0.15, 0.2) is 0 Å². The van der Waals surface area contributed by atoms with Gasteiger partial charge < -0.3 is 9.84 Å². The van der Waals surface area contributed by atoms with Crippen molar-refractivity contribution in [3.05, 3.63) is 24.0 Å². The Labute approximate surface area is 71.6 Å². The van der Waals surface area contributed by atoms with Gasteiger partial charge in [-0.2, -0.15) is 0 Å². The number of aromatic hydroxyl groups is 1. The molecule has 0 radical (unpaired) electrons. The van der Waals surface area contributed by atoms with Crippen LogP contribution in [0.4, 0.5) is 4.39 Å². The summed E-state index contributed by atoms with van der Waals surface area (Å²) < 4.78 is 17.1. The van der Waals surface area contributed by atoms with E-state index in [4.69, 9.17) is 5.11 Å². The van der Waals surface area contributed by atoms with E-state index in [-0.39, 0.29) is 5.75 Å². The molecule has 0 aromatic heterocycles. The molecule has 1 rings (SSSR count). The van der Waals surface area contributed by atoms with E-state index < -0.39 is 5.82 Å². The second-order valence-electron chi connectivity index (χ2n) is 1.85. The standard InChI is InChI=1S/C7H7FO2.C2H6/c1-10-7-3-5(8)2-6(9)4-7;1-2/h2-4,9H,1H3;1-2H3. The Balaban J connectivity index is 0.000000561. The molecule has 1 aromatic rings. The zero-order valence-corrected chi connectivity index (χ0v) is 7.47. The molecular formula is C9H13FO2. The quantitative estimate of drug-likeness (QED) is 0.705. The molecule has 68 valence electrons. The predicted octanol–water partition coefficient (Wildman–Crippen LogP) is 2.57. The number of ether oxygens (including phenoxy) is 1. The third kappa shape index (κ3) is 3.23. The lowest BCUT2D eigenvalue weighted by molar-refractivity contribution is 0.402. The van der Waals surface area contributed by atoms with E-state index in [0.29, 0.717) is 5.75 Å². The maximum Gasteiger partial charge on any atom is 0.130 e. The topological polar surface area (TPSA) is 29.5 Å². The van der Waals surface area contributed by atoms with Gasteiger partial charge in [0.05, 0.1) is 7.11 Å². The molecule has 1 N–H and O–H groups in total. The lowest BCUT2D eigenvalue weighted by Gasteiger charge is -1.98. The van der Waals surface area contributed by atoms with Crippen molar-refractivity contribution in [1.82, 2.24) is 0 Å². The summed E-state index contributed by atoms with van der Waals surface area (Å²) in [5.74, 6) is -0.314. The monoisotopic (exact) mass is 172 g/mol. The fourth-order valence-corrected chi connectivity index (χ4v) is 0.666. The van der Waals surface area contributed by atoms with Crippen molar-refractivity contribution >= 4 is 0 Å². The predicted molar refractivity (Wildman–Crippen MR) is 46.0 cm³/mol. The first-order valence-corrected chi connectivity index (χ1v) is 3.76. The van der Waals surface area contributed by atoms with Gasteiger partial charge >= 0.3 is 0 Å². The smallest absolute Gasteiger partial charge is 0.130 e. The molecule has 0 saturated carbocycles. The van der Waals surface area contributed by atoms with Crippen LogP contribution in [0, 0.1) is 5.82 Å². The first-order valence-electron chi connectivity index (χ1n) is 3.76. The summed E-state index contributed by atoms with van der Waals surface area (Å²) in [5, 5.41) is 8.80. The molecule has 0 amide bonds. The summed E-state index contributed by atoms with van der Waals surface area (Å²) in [6, 6.07) is 3.55. The van der Waals surface area contributed by atoms with Crippen LogP contribution >= 0.6 is 0 Å². The molecule has 3 heteroatoms. The van der Waals surface area contributed by atoms with Crippen LogP contribution in [0.2, 0.25) is 0 Å². The number of phenolic OH excluding ortho intramolecular Hbond substituents is 1. The van der Waals surface area contributed by atoms with Crippen LogP contribution in [0.5, 0.6) is 11.5 Å². The SMILES string of the molecule is CC.COc1cc(O)cc(F)c1. The van der Waals surface area contributed by atoms with Crippen molar-refractivity contribution < 1.29 is 14.2 Å². The van der Waals surface area contributed by atoms with Crippen LogP contribution in [-0.2, 0) is 0 Å². The summed E-state index contributed by atoms with van der Waals surface area (Å²) >= 11 is 0. The zero-order valence-electron chi connectivity index (χ0n) is 7.47. The van der Waals surface area contributed by atoms with Crippen molar-refractivity contribution in [3.8, 4) is 11.5 Å². The second-order valence-corrected chi connectivity index (χ2v) is 1.85. The molecule has 1 aromatic carbocycles. The Morgan fingerprint density at radius 1 is 1.25 bits per heavy atom. The van der Waals surface area contributed by atoms with Gasteiger partial charge in [-0.05, 0) is 0 Å². The Morgan fingerprint density at radius 3 is 2.25 bits per heavy atom. The maximum absolute atomic E-state index is 12.4. The highest BCUT2D eigenvalue weighted by atomic mass is 19.1. The van der Waals surface area contributed by atoms with Crippen molar-refractivity contribution in [2.45, 2.75) is 13.8 Å². The van der Waals surface area contributed by atoms with Crippen LogP contribution in [0.3, 0.4) is 0 Å². The largest absolute Gasteiger partial charge is 0.508 e. The first-order chi connectivity index (χ1) is 5.72. The Morgan fingerprint density at radius 2 is 1.83 bits per heavy atom. The van der Waals surface area contributed by atoms with E-state index >= 15 is 0 Å². The summed E-state index contributed by atoms with van der Waals surface area (Å²) in [6.45, 7) is 4.00. The molecular weight excluding hydrogens is 159 g/mol. The minimum atomic E-state index is -0.503. The number of halogens is 1. The molecule has 0 bridgehead atoms. The van der Waals surface area contributed by atoms with Gasteiger partial charge in [0, 0.05) is 18.2 Å². The molecule has 0 spiro atoms. The molecule has 0 unspecified atom stereocenters. The van der Waals surface area contributed by atoms with Crippen molar-refractivity contribution in [2.75, 3.05) is 7.11 Å². The Bertz CT molecular complexity index is 216. The number of methoxy groups -OCH3 is 1. The number of hydrogen-bond donors (Lipinski definition) is 1. The van der Waals surface area contributed by atoms with E-state index in [1.165, 1.54) is 19.2 Å². The van der Waals surface area contributed by atoms with Gasteiger partial charge in [-0.3, -0.25) is 0 Å². The fraction of sp³-hybridized carbons (Fsp3) is 0.333. The van der Waals surface area contributed by atoms with Crippen LogP contribution in [0.15, 0.2) is 18.2 Å². The highest BCUT2D eigenvalue weighted by Crippen LogP contribution is 2.19. The van der Waals surface area contributed by atoms with Gasteiger partial charge in [0.25, 0.3) is 0 Å². The van der Waals surface area contributed by atoms with Crippen LogP contribution < -0.4 is 4.74 Å². The number of benzene rings is 1. The van der Waals surface area contributed by atoms with Crippen molar-refractivity contribution in [1.29, 1.82) is 0 Å². The lowest BCUT2D eigenvalue weighted by atomic mass is 10.3. The molecule has 0 atom stereocenters. The molecule has 0 aliphatic rings. The summed E-state index contributed by atoms with van der Waals surface area (Å²) in [4.78, 5) is 0. The van der Waals surface area contributed by atoms with Gasteiger partial charge in [0.2, 0.25) is 0 Å². The van der Waals surface area contributed by atoms with E-state index in [1.54, 1.807) is 0 Å². The van der Waals surface area contributed by atoms with Crippen molar-refractivity contribution in [2.24, 2.45) is 0 Å².